The second-order valence-corrected chi connectivity index (χ2v) is 10.7. The highest BCUT2D eigenvalue weighted by Crippen LogP contribution is 2.14. The molecule has 0 aliphatic rings. The first-order valence-electron chi connectivity index (χ1n) is 16.8. The summed E-state index contributed by atoms with van der Waals surface area (Å²) in [7, 11) is 0. The minimum Gasteiger partial charge on any atom is -0.463 e. The Morgan fingerprint density at radius 2 is 0.775 bits per heavy atom. The number of hydrogen-bond donors (Lipinski definition) is 0. The van der Waals surface area contributed by atoms with Crippen LogP contribution in [-0.2, 0) is 33.2 Å². The van der Waals surface area contributed by atoms with Crippen molar-refractivity contribution in [3.8, 4) is 0 Å². The summed E-state index contributed by atoms with van der Waals surface area (Å²) in [4.78, 5) is 12.0. The molecule has 7 nitrogen and oxygen atoms in total. The van der Waals surface area contributed by atoms with Crippen molar-refractivity contribution in [2.75, 3.05) is 72.7 Å². The van der Waals surface area contributed by atoms with Crippen LogP contribution in [0.15, 0.2) is 0 Å². The standard InChI is InChI=1S/C33H66O7/c1-4-7-9-10-11-12-13-14-15-16-17-18-19-21-35-22-23-36-24-25-37-26-27-38-28-29-39-30-31-40-33(34)32(6-3)20-8-5-2/h32H,4-31H2,1-3H3. The SMILES string of the molecule is CCCCCCCCCCCCCCCOCCOCCOCCOCCOCCOC(=O)C(CC)CCCC. The van der Waals surface area contributed by atoms with E-state index in [1.54, 1.807) is 0 Å². The van der Waals surface area contributed by atoms with Gasteiger partial charge in [-0.3, -0.25) is 4.79 Å². The maximum absolute atomic E-state index is 12.0. The smallest absolute Gasteiger partial charge is 0.308 e. The van der Waals surface area contributed by atoms with Crippen molar-refractivity contribution in [3.05, 3.63) is 0 Å². The second-order valence-electron chi connectivity index (χ2n) is 10.7. The normalized spacial score (nSPS) is 12.2. The van der Waals surface area contributed by atoms with E-state index in [2.05, 4.69) is 13.8 Å². The van der Waals surface area contributed by atoms with E-state index in [1.807, 2.05) is 6.92 Å². The summed E-state index contributed by atoms with van der Waals surface area (Å²) in [5, 5.41) is 0. The van der Waals surface area contributed by atoms with E-state index in [0.29, 0.717) is 66.1 Å². The number of carbonyl (C=O) groups excluding carboxylic acids is 1. The van der Waals surface area contributed by atoms with Crippen LogP contribution >= 0.6 is 0 Å². The largest absolute Gasteiger partial charge is 0.463 e. The van der Waals surface area contributed by atoms with Gasteiger partial charge in [-0.15, -0.1) is 0 Å². The molecular weight excluding hydrogens is 508 g/mol. The molecule has 1 unspecified atom stereocenters. The topological polar surface area (TPSA) is 72.5 Å². The van der Waals surface area contributed by atoms with E-state index in [0.717, 1.165) is 38.7 Å². The molecule has 0 fully saturated rings. The molecule has 0 amide bonds. The Morgan fingerprint density at radius 1 is 0.425 bits per heavy atom. The third kappa shape index (κ3) is 30.2. The van der Waals surface area contributed by atoms with Gasteiger partial charge in [0.2, 0.25) is 0 Å². The Labute approximate surface area is 247 Å². The lowest BCUT2D eigenvalue weighted by atomic mass is 10.00. The van der Waals surface area contributed by atoms with Gasteiger partial charge in [0.25, 0.3) is 0 Å². The number of carbonyl (C=O) groups is 1. The third-order valence-corrected chi connectivity index (χ3v) is 7.08. The molecule has 0 bridgehead atoms. The Kier molecular flexibility index (Phi) is 33.8. The molecule has 0 aliphatic heterocycles. The van der Waals surface area contributed by atoms with Crippen molar-refractivity contribution >= 4 is 5.97 Å². The first kappa shape index (κ1) is 39.3. The summed E-state index contributed by atoms with van der Waals surface area (Å²) in [6, 6.07) is 0. The number of esters is 1. The highest BCUT2D eigenvalue weighted by atomic mass is 16.6. The lowest BCUT2D eigenvalue weighted by Gasteiger charge is -2.13. The van der Waals surface area contributed by atoms with Crippen LogP contribution in [0.3, 0.4) is 0 Å². The fourth-order valence-corrected chi connectivity index (χ4v) is 4.46. The predicted octanol–water partition coefficient (Wildman–Crippen LogP) is 7.92. The average molecular weight is 575 g/mol. The van der Waals surface area contributed by atoms with E-state index < -0.39 is 0 Å². The van der Waals surface area contributed by atoms with Gasteiger partial charge >= 0.3 is 5.97 Å². The molecule has 40 heavy (non-hydrogen) atoms. The Morgan fingerprint density at radius 3 is 1.18 bits per heavy atom. The molecule has 0 rings (SSSR count). The highest BCUT2D eigenvalue weighted by molar-refractivity contribution is 5.72. The van der Waals surface area contributed by atoms with Gasteiger partial charge in [-0.2, -0.15) is 0 Å². The van der Waals surface area contributed by atoms with Crippen LogP contribution in [-0.4, -0.2) is 78.6 Å². The van der Waals surface area contributed by atoms with Gasteiger partial charge in [-0.05, 0) is 19.3 Å². The summed E-state index contributed by atoms with van der Waals surface area (Å²) in [5.41, 5.74) is 0. The third-order valence-electron chi connectivity index (χ3n) is 7.08. The minimum absolute atomic E-state index is 0.0146. The van der Waals surface area contributed by atoms with Gasteiger partial charge < -0.3 is 28.4 Å². The minimum atomic E-state index is -0.102. The average Bonchev–Trinajstić information content (AvgIpc) is 2.96. The van der Waals surface area contributed by atoms with E-state index in [-0.39, 0.29) is 11.9 Å². The van der Waals surface area contributed by atoms with Crippen molar-refractivity contribution < 1.29 is 33.2 Å². The molecule has 0 spiro atoms. The van der Waals surface area contributed by atoms with Crippen LogP contribution in [0.4, 0.5) is 0 Å². The molecule has 0 saturated carbocycles. The monoisotopic (exact) mass is 574 g/mol. The lowest BCUT2D eigenvalue weighted by Crippen LogP contribution is -2.20. The van der Waals surface area contributed by atoms with Crippen molar-refractivity contribution in [3.63, 3.8) is 0 Å². The summed E-state index contributed by atoms with van der Waals surface area (Å²) >= 11 is 0. The summed E-state index contributed by atoms with van der Waals surface area (Å²) in [6.45, 7) is 12.4. The molecule has 0 aromatic carbocycles. The molecule has 0 aromatic heterocycles. The Hall–Kier alpha value is -0.730. The maximum atomic E-state index is 12.0. The summed E-state index contributed by atoms with van der Waals surface area (Å²) < 4.78 is 33.0. The van der Waals surface area contributed by atoms with Crippen LogP contribution in [0, 0.1) is 5.92 Å². The number of rotatable bonds is 34. The molecule has 7 heteroatoms. The van der Waals surface area contributed by atoms with Gasteiger partial charge in [0, 0.05) is 6.61 Å². The fourth-order valence-electron chi connectivity index (χ4n) is 4.46. The van der Waals surface area contributed by atoms with Crippen molar-refractivity contribution in [2.24, 2.45) is 5.92 Å². The molecule has 0 aliphatic carbocycles. The quantitative estimate of drug-likeness (QED) is 0.0571. The molecule has 0 saturated heterocycles. The molecule has 0 radical (unpaired) electrons. The Balaban J connectivity index is 3.15. The summed E-state index contributed by atoms with van der Waals surface area (Å²) in [5.74, 6) is -0.0877. The molecule has 0 aromatic rings. The van der Waals surface area contributed by atoms with Crippen LogP contribution < -0.4 is 0 Å². The van der Waals surface area contributed by atoms with E-state index in [9.17, 15) is 4.79 Å². The van der Waals surface area contributed by atoms with Crippen molar-refractivity contribution in [2.45, 2.75) is 130 Å². The number of unbranched alkanes of at least 4 members (excludes halogenated alkanes) is 13. The first-order chi connectivity index (χ1) is 19.8. The molecule has 240 valence electrons. The van der Waals surface area contributed by atoms with E-state index in [1.165, 1.54) is 77.0 Å². The van der Waals surface area contributed by atoms with Crippen LogP contribution in [0.1, 0.15) is 130 Å². The van der Waals surface area contributed by atoms with Crippen LogP contribution in [0.25, 0.3) is 0 Å². The highest BCUT2D eigenvalue weighted by Gasteiger charge is 2.16. The van der Waals surface area contributed by atoms with Gasteiger partial charge in [-0.25, -0.2) is 0 Å². The lowest BCUT2D eigenvalue weighted by molar-refractivity contribution is -0.150. The van der Waals surface area contributed by atoms with Crippen molar-refractivity contribution in [1.29, 1.82) is 0 Å². The molecule has 1 atom stereocenters. The Bertz CT molecular complexity index is 489. The van der Waals surface area contributed by atoms with E-state index >= 15 is 0 Å². The summed E-state index contributed by atoms with van der Waals surface area (Å²) in [6.07, 6.45) is 21.7. The number of ether oxygens (including phenoxy) is 6. The predicted molar refractivity (Wildman–Crippen MR) is 164 cm³/mol. The van der Waals surface area contributed by atoms with Crippen LogP contribution in [0.2, 0.25) is 0 Å². The molecule has 0 heterocycles. The first-order valence-corrected chi connectivity index (χ1v) is 16.8. The van der Waals surface area contributed by atoms with E-state index in [4.69, 9.17) is 28.4 Å². The molecule has 0 N–H and O–H groups in total. The van der Waals surface area contributed by atoms with Gasteiger partial charge in [0.1, 0.15) is 6.61 Å². The van der Waals surface area contributed by atoms with Gasteiger partial charge in [0.05, 0.1) is 65.4 Å². The zero-order valence-electron chi connectivity index (χ0n) is 26.7. The van der Waals surface area contributed by atoms with Gasteiger partial charge in [-0.1, -0.05) is 111 Å². The zero-order valence-corrected chi connectivity index (χ0v) is 26.7. The second kappa shape index (κ2) is 34.5. The maximum Gasteiger partial charge on any atom is 0.308 e. The zero-order chi connectivity index (χ0) is 29.2. The van der Waals surface area contributed by atoms with Gasteiger partial charge in [0.15, 0.2) is 0 Å². The van der Waals surface area contributed by atoms with Crippen LogP contribution in [0.5, 0.6) is 0 Å². The van der Waals surface area contributed by atoms with Crippen molar-refractivity contribution in [1.82, 2.24) is 0 Å². The number of hydrogen-bond acceptors (Lipinski definition) is 7. The fraction of sp³-hybridized carbons (Fsp3) is 0.970. The molecular formula is C33H66O7.